The molecule has 6 nitrogen and oxygen atoms in total. The largest absolute Gasteiger partial charge is 0.396 e. The van der Waals surface area contributed by atoms with Crippen LogP contribution in [0.4, 0.5) is 0 Å². The zero-order chi connectivity index (χ0) is 13.5. The summed E-state index contributed by atoms with van der Waals surface area (Å²) < 4.78 is 1.65. The summed E-state index contributed by atoms with van der Waals surface area (Å²) in [6.07, 6.45) is 0.706. The summed E-state index contributed by atoms with van der Waals surface area (Å²) >= 11 is 1.53. The van der Waals surface area contributed by atoms with E-state index in [4.69, 9.17) is 5.11 Å². The Kier molecular flexibility index (Phi) is 6.45. The van der Waals surface area contributed by atoms with Crippen molar-refractivity contribution >= 4 is 11.8 Å². The topological polar surface area (TPSA) is 82.9 Å². The number of hydrogen-bond donors (Lipinski definition) is 3. The Hall–Kier alpha value is -0.790. The van der Waals surface area contributed by atoms with E-state index in [1.165, 1.54) is 11.8 Å². The molecule has 7 heteroatoms. The molecule has 0 saturated heterocycles. The van der Waals surface area contributed by atoms with Crippen LogP contribution in [0.2, 0.25) is 0 Å². The van der Waals surface area contributed by atoms with Gasteiger partial charge in [-0.05, 0) is 26.8 Å². The molecule has 104 valence electrons. The average molecular weight is 274 g/mol. The summed E-state index contributed by atoms with van der Waals surface area (Å²) in [4.78, 5) is 11.6. The standard InChI is InChI=1S/C11H22N4O2S/c1-4-12-9(5-6-16)7-18-11-14-13-10(17)15(11)8(2)3/h8-9,12,16H,4-7H2,1-3H3,(H,13,17). The van der Waals surface area contributed by atoms with Gasteiger partial charge in [-0.2, -0.15) is 0 Å². The van der Waals surface area contributed by atoms with Crippen LogP contribution in [0.25, 0.3) is 0 Å². The van der Waals surface area contributed by atoms with Gasteiger partial charge in [-0.15, -0.1) is 5.10 Å². The maximum absolute atomic E-state index is 11.6. The Morgan fingerprint density at radius 2 is 2.28 bits per heavy atom. The summed E-state index contributed by atoms with van der Waals surface area (Å²) in [7, 11) is 0. The summed E-state index contributed by atoms with van der Waals surface area (Å²) in [5, 5.41) is 19.5. The van der Waals surface area contributed by atoms with Crippen molar-refractivity contribution < 1.29 is 5.11 Å². The Labute approximate surface area is 111 Å². The number of aromatic amines is 1. The van der Waals surface area contributed by atoms with Crippen LogP contribution in [0.1, 0.15) is 33.2 Å². The molecule has 0 aliphatic carbocycles. The number of hydrogen-bond acceptors (Lipinski definition) is 5. The Morgan fingerprint density at radius 1 is 1.56 bits per heavy atom. The number of aliphatic hydroxyl groups excluding tert-OH is 1. The number of aliphatic hydroxyl groups is 1. The van der Waals surface area contributed by atoms with Gasteiger partial charge in [-0.25, -0.2) is 9.89 Å². The molecular weight excluding hydrogens is 252 g/mol. The van der Waals surface area contributed by atoms with Gasteiger partial charge >= 0.3 is 5.69 Å². The molecule has 18 heavy (non-hydrogen) atoms. The number of aromatic nitrogens is 3. The highest BCUT2D eigenvalue weighted by atomic mass is 32.2. The Balaban J connectivity index is 2.64. The molecule has 1 aromatic heterocycles. The summed E-state index contributed by atoms with van der Waals surface area (Å²) in [6, 6.07) is 0.326. The summed E-state index contributed by atoms with van der Waals surface area (Å²) in [5.74, 6) is 0.783. The lowest BCUT2D eigenvalue weighted by atomic mass is 10.2. The van der Waals surface area contributed by atoms with E-state index in [1.54, 1.807) is 4.57 Å². The van der Waals surface area contributed by atoms with Crippen LogP contribution in [-0.2, 0) is 0 Å². The minimum atomic E-state index is -0.172. The van der Waals surface area contributed by atoms with Gasteiger partial charge in [0.25, 0.3) is 0 Å². The van der Waals surface area contributed by atoms with Gasteiger partial charge in [0.1, 0.15) is 0 Å². The van der Waals surface area contributed by atoms with Crippen LogP contribution in [0.5, 0.6) is 0 Å². The molecular formula is C11H22N4O2S. The van der Waals surface area contributed by atoms with E-state index in [1.807, 2.05) is 20.8 Å². The highest BCUT2D eigenvalue weighted by molar-refractivity contribution is 7.99. The van der Waals surface area contributed by atoms with E-state index >= 15 is 0 Å². The lowest BCUT2D eigenvalue weighted by Gasteiger charge is -2.16. The zero-order valence-corrected chi connectivity index (χ0v) is 12.0. The average Bonchev–Trinajstić information content (AvgIpc) is 2.68. The first-order valence-corrected chi connectivity index (χ1v) is 7.22. The smallest absolute Gasteiger partial charge is 0.344 e. The van der Waals surface area contributed by atoms with Gasteiger partial charge < -0.3 is 10.4 Å². The molecule has 0 aliphatic heterocycles. The first-order valence-electron chi connectivity index (χ1n) is 6.24. The number of rotatable bonds is 8. The molecule has 0 amide bonds. The van der Waals surface area contributed by atoms with Crippen molar-refractivity contribution in [1.82, 2.24) is 20.1 Å². The number of nitrogens with zero attached hydrogens (tertiary/aromatic N) is 2. The molecule has 0 radical (unpaired) electrons. The van der Waals surface area contributed by atoms with E-state index in [-0.39, 0.29) is 24.4 Å². The molecule has 1 unspecified atom stereocenters. The van der Waals surface area contributed by atoms with Gasteiger partial charge in [0, 0.05) is 24.4 Å². The zero-order valence-electron chi connectivity index (χ0n) is 11.1. The predicted molar refractivity (Wildman–Crippen MR) is 73.1 cm³/mol. The molecule has 0 bridgehead atoms. The van der Waals surface area contributed by atoms with Crippen molar-refractivity contribution in [2.75, 3.05) is 18.9 Å². The third-order valence-corrected chi connectivity index (χ3v) is 3.69. The summed E-state index contributed by atoms with van der Waals surface area (Å²) in [6.45, 7) is 6.97. The third-order valence-electron chi connectivity index (χ3n) is 2.57. The van der Waals surface area contributed by atoms with Crippen molar-refractivity contribution in [3.8, 4) is 0 Å². The number of H-pyrrole nitrogens is 1. The van der Waals surface area contributed by atoms with Gasteiger partial charge in [0.15, 0.2) is 5.16 Å². The molecule has 1 aromatic rings. The third kappa shape index (κ3) is 4.15. The molecule has 0 fully saturated rings. The van der Waals surface area contributed by atoms with E-state index in [2.05, 4.69) is 15.5 Å². The van der Waals surface area contributed by atoms with Crippen LogP contribution in [0.3, 0.4) is 0 Å². The maximum Gasteiger partial charge on any atom is 0.344 e. The molecule has 0 aromatic carbocycles. The minimum Gasteiger partial charge on any atom is -0.396 e. The quantitative estimate of drug-likeness (QED) is 0.605. The lowest BCUT2D eigenvalue weighted by Crippen LogP contribution is -2.32. The van der Waals surface area contributed by atoms with Crippen molar-refractivity contribution in [1.29, 1.82) is 0 Å². The predicted octanol–water partition coefficient (Wildman–Crippen LogP) is 0.605. The van der Waals surface area contributed by atoms with Crippen LogP contribution in [0, 0.1) is 0 Å². The van der Waals surface area contributed by atoms with Crippen molar-refractivity contribution in [2.45, 2.75) is 44.4 Å². The molecule has 0 spiro atoms. The first kappa shape index (κ1) is 15.3. The fourth-order valence-corrected chi connectivity index (χ4v) is 2.89. The monoisotopic (exact) mass is 274 g/mol. The fraction of sp³-hybridized carbons (Fsp3) is 0.818. The number of thioether (sulfide) groups is 1. The highest BCUT2D eigenvalue weighted by Crippen LogP contribution is 2.18. The number of nitrogens with one attached hydrogen (secondary N) is 2. The fourth-order valence-electron chi connectivity index (χ4n) is 1.71. The van der Waals surface area contributed by atoms with Gasteiger partial charge in [-0.1, -0.05) is 18.7 Å². The maximum atomic E-state index is 11.6. The van der Waals surface area contributed by atoms with E-state index in [0.717, 1.165) is 12.3 Å². The van der Waals surface area contributed by atoms with Crippen LogP contribution >= 0.6 is 11.8 Å². The van der Waals surface area contributed by atoms with Crippen LogP contribution in [0.15, 0.2) is 9.95 Å². The van der Waals surface area contributed by atoms with Gasteiger partial charge in [-0.3, -0.25) is 4.57 Å². The second kappa shape index (κ2) is 7.60. The molecule has 1 heterocycles. The minimum absolute atomic E-state index is 0.0918. The Bertz CT molecular complexity index is 396. The van der Waals surface area contributed by atoms with E-state index < -0.39 is 0 Å². The molecule has 0 saturated carbocycles. The lowest BCUT2D eigenvalue weighted by molar-refractivity contribution is 0.271. The van der Waals surface area contributed by atoms with E-state index in [9.17, 15) is 4.79 Å². The molecule has 3 N–H and O–H groups in total. The van der Waals surface area contributed by atoms with Gasteiger partial charge in [0.05, 0.1) is 0 Å². The second-order valence-electron chi connectivity index (χ2n) is 4.35. The van der Waals surface area contributed by atoms with Crippen LogP contribution < -0.4 is 11.0 Å². The molecule has 0 aliphatic rings. The molecule has 1 atom stereocenters. The second-order valence-corrected chi connectivity index (χ2v) is 5.34. The SMILES string of the molecule is CCNC(CCO)CSc1n[nH]c(=O)n1C(C)C. The van der Waals surface area contributed by atoms with Crippen molar-refractivity contribution in [3.05, 3.63) is 10.5 Å². The van der Waals surface area contributed by atoms with E-state index in [0.29, 0.717) is 11.6 Å². The normalized spacial score (nSPS) is 13.2. The molecule has 1 rings (SSSR count). The summed E-state index contributed by atoms with van der Waals surface area (Å²) in [5.41, 5.74) is -0.172. The van der Waals surface area contributed by atoms with Crippen molar-refractivity contribution in [3.63, 3.8) is 0 Å². The highest BCUT2D eigenvalue weighted by Gasteiger charge is 2.14. The Morgan fingerprint density at radius 3 is 2.83 bits per heavy atom. The van der Waals surface area contributed by atoms with Crippen LogP contribution in [-0.4, -0.2) is 44.8 Å². The van der Waals surface area contributed by atoms with Crippen molar-refractivity contribution in [2.24, 2.45) is 0 Å². The van der Waals surface area contributed by atoms with Gasteiger partial charge in [0.2, 0.25) is 0 Å². The first-order chi connectivity index (χ1) is 8.60.